The molecule has 4 nitrogen and oxygen atoms in total. The molecule has 1 aliphatic carbocycles. The van der Waals surface area contributed by atoms with E-state index in [9.17, 15) is 9.18 Å². The van der Waals surface area contributed by atoms with Crippen molar-refractivity contribution in [2.45, 2.75) is 25.7 Å². The molecular weight excluding hydrogens is 261 g/mol. The highest BCUT2D eigenvalue weighted by atomic mass is 19.1. The molecule has 0 aromatic heterocycles. The number of nitrogens with one attached hydrogen (secondary N) is 1. The Morgan fingerprint density at radius 3 is 2.55 bits per heavy atom. The van der Waals surface area contributed by atoms with Crippen LogP contribution in [0.4, 0.5) is 9.18 Å². The molecule has 0 bridgehead atoms. The average Bonchev–Trinajstić information content (AvgIpc) is 2.45. The molecule has 1 aromatic rings. The molecule has 0 saturated heterocycles. The van der Waals surface area contributed by atoms with Crippen LogP contribution in [0.25, 0.3) is 0 Å². The highest BCUT2D eigenvalue weighted by Gasteiger charge is 2.22. The van der Waals surface area contributed by atoms with Gasteiger partial charge in [-0.15, -0.1) is 0 Å². The van der Waals surface area contributed by atoms with E-state index in [0.29, 0.717) is 30.7 Å². The van der Waals surface area contributed by atoms with Crippen LogP contribution in [0.15, 0.2) is 24.3 Å². The number of amides is 1. The summed E-state index contributed by atoms with van der Waals surface area (Å²) in [6, 6.07) is 6.43. The van der Waals surface area contributed by atoms with Crippen molar-refractivity contribution in [3.63, 3.8) is 0 Å². The Balaban J connectivity index is 1.69. The lowest BCUT2D eigenvalue weighted by molar-refractivity contribution is 0.169. The highest BCUT2D eigenvalue weighted by molar-refractivity contribution is 5.64. The Bertz CT molecular complexity index is 444. The molecule has 1 amide bonds. The maximum Gasteiger partial charge on any atom is 0.404 e. The van der Waals surface area contributed by atoms with Crippen molar-refractivity contribution in [1.82, 2.24) is 5.32 Å². The number of para-hydroxylation sites is 1. The van der Waals surface area contributed by atoms with E-state index in [4.69, 9.17) is 9.84 Å². The first kappa shape index (κ1) is 14.6. The lowest BCUT2D eigenvalue weighted by Crippen LogP contribution is -2.31. The second-order valence-corrected chi connectivity index (χ2v) is 5.31. The SMILES string of the molecule is O=C(O)NC[C@H]1CC[C@@H](COc2ccccc2F)CC1. The molecule has 20 heavy (non-hydrogen) atoms. The van der Waals surface area contributed by atoms with E-state index in [0.717, 1.165) is 25.7 Å². The molecule has 2 N–H and O–H groups in total. The fourth-order valence-corrected chi connectivity index (χ4v) is 2.60. The molecular formula is C15H20FNO3. The molecule has 5 heteroatoms. The van der Waals surface area contributed by atoms with E-state index in [2.05, 4.69) is 5.32 Å². The standard InChI is InChI=1S/C15H20FNO3/c16-13-3-1-2-4-14(13)20-10-12-7-5-11(6-8-12)9-17-15(18)19/h1-4,11-12,17H,5-10H2,(H,18,19)/t11-,12+. The van der Waals surface area contributed by atoms with E-state index < -0.39 is 6.09 Å². The van der Waals surface area contributed by atoms with Crippen molar-refractivity contribution in [1.29, 1.82) is 0 Å². The van der Waals surface area contributed by atoms with E-state index in [1.807, 2.05) is 0 Å². The summed E-state index contributed by atoms with van der Waals surface area (Å²) in [7, 11) is 0. The maximum atomic E-state index is 13.4. The fourth-order valence-electron chi connectivity index (χ4n) is 2.60. The van der Waals surface area contributed by atoms with Gasteiger partial charge < -0.3 is 15.2 Å². The lowest BCUT2D eigenvalue weighted by Gasteiger charge is -2.28. The summed E-state index contributed by atoms with van der Waals surface area (Å²) in [5.74, 6) is 0.820. The topological polar surface area (TPSA) is 58.6 Å². The molecule has 0 heterocycles. The Labute approximate surface area is 117 Å². The van der Waals surface area contributed by atoms with Gasteiger partial charge in [-0.2, -0.15) is 0 Å². The normalized spacial score (nSPS) is 22.2. The van der Waals surface area contributed by atoms with Gasteiger partial charge in [0.1, 0.15) is 0 Å². The van der Waals surface area contributed by atoms with Crippen molar-refractivity contribution in [2.24, 2.45) is 11.8 Å². The van der Waals surface area contributed by atoms with Gasteiger partial charge >= 0.3 is 6.09 Å². The molecule has 110 valence electrons. The summed E-state index contributed by atoms with van der Waals surface area (Å²) in [5, 5.41) is 11.0. The summed E-state index contributed by atoms with van der Waals surface area (Å²) in [6.07, 6.45) is 3.02. The number of benzene rings is 1. The summed E-state index contributed by atoms with van der Waals surface area (Å²) in [4.78, 5) is 10.4. The third-order valence-electron chi connectivity index (χ3n) is 3.82. The molecule has 0 spiro atoms. The number of hydrogen-bond acceptors (Lipinski definition) is 2. The van der Waals surface area contributed by atoms with Crippen molar-refractivity contribution in [2.75, 3.05) is 13.2 Å². The van der Waals surface area contributed by atoms with Crippen LogP contribution in [-0.4, -0.2) is 24.4 Å². The number of hydrogen-bond donors (Lipinski definition) is 2. The van der Waals surface area contributed by atoms with Gasteiger partial charge in [0.05, 0.1) is 6.61 Å². The summed E-state index contributed by atoms with van der Waals surface area (Å²) >= 11 is 0. The summed E-state index contributed by atoms with van der Waals surface area (Å²) in [5.41, 5.74) is 0. The Hall–Kier alpha value is -1.78. The first-order valence-corrected chi connectivity index (χ1v) is 6.99. The second-order valence-electron chi connectivity index (χ2n) is 5.31. The minimum atomic E-state index is -0.963. The van der Waals surface area contributed by atoms with Crippen LogP contribution in [0.2, 0.25) is 0 Å². The lowest BCUT2D eigenvalue weighted by atomic mass is 9.82. The summed E-state index contributed by atoms with van der Waals surface area (Å²) in [6.45, 7) is 1.05. The monoisotopic (exact) mass is 281 g/mol. The molecule has 0 unspecified atom stereocenters. The molecule has 2 rings (SSSR count). The molecule has 1 saturated carbocycles. The van der Waals surface area contributed by atoms with Gasteiger partial charge in [0, 0.05) is 6.54 Å². The van der Waals surface area contributed by atoms with Gasteiger partial charge in [-0.25, -0.2) is 9.18 Å². The van der Waals surface area contributed by atoms with Crippen molar-refractivity contribution < 1.29 is 19.0 Å². The number of halogens is 1. The van der Waals surface area contributed by atoms with E-state index in [1.54, 1.807) is 18.2 Å². The number of rotatable bonds is 5. The van der Waals surface area contributed by atoms with Gasteiger partial charge in [-0.1, -0.05) is 12.1 Å². The van der Waals surface area contributed by atoms with Crippen LogP contribution in [0.3, 0.4) is 0 Å². The fraction of sp³-hybridized carbons (Fsp3) is 0.533. The van der Waals surface area contributed by atoms with Crippen molar-refractivity contribution in [3.05, 3.63) is 30.1 Å². The first-order valence-electron chi connectivity index (χ1n) is 6.99. The van der Waals surface area contributed by atoms with Crippen molar-refractivity contribution >= 4 is 6.09 Å². The van der Waals surface area contributed by atoms with Crippen LogP contribution < -0.4 is 10.1 Å². The molecule has 0 atom stereocenters. The predicted molar refractivity (Wildman–Crippen MR) is 73.4 cm³/mol. The smallest absolute Gasteiger partial charge is 0.404 e. The molecule has 1 aliphatic rings. The van der Waals surface area contributed by atoms with Gasteiger partial charge in [-0.05, 0) is 49.7 Å². The van der Waals surface area contributed by atoms with Crippen LogP contribution >= 0.6 is 0 Å². The number of carbonyl (C=O) groups is 1. The van der Waals surface area contributed by atoms with Crippen LogP contribution in [0.5, 0.6) is 5.75 Å². The molecule has 0 aliphatic heterocycles. The zero-order valence-electron chi connectivity index (χ0n) is 11.3. The Morgan fingerprint density at radius 2 is 1.90 bits per heavy atom. The molecule has 1 fully saturated rings. The third-order valence-corrected chi connectivity index (χ3v) is 3.82. The van der Waals surface area contributed by atoms with Gasteiger partial charge in [0.2, 0.25) is 0 Å². The zero-order valence-corrected chi connectivity index (χ0v) is 11.3. The van der Waals surface area contributed by atoms with Crippen LogP contribution in [0.1, 0.15) is 25.7 Å². The van der Waals surface area contributed by atoms with Crippen molar-refractivity contribution in [3.8, 4) is 5.75 Å². The zero-order chi connectivity index (χ0) is 14.4. The van der Waals surface area contributed by atoms with Crippen LogP contribution in [-0.2, 0) is 0 Å². The van der Waals surface area contributed by atoms with E-state index >= 15 is 0 Å². The Morgan fingerprint density at radius 1 is 1.25 bits per heavy atom. The van der Waals surface area contributed by atoms with Gasteiger partial charge in [0.15, 0.2) is 11.6 Å². The predicted octanol–water partition coefficient (Wildman–Crippen LogP) is 3.28. The van der Waals surface area contributed by atoms with Gasteiger partial charge in [0.25, 0.3) is 0 Å². The van der Waals surface area contributed by atoms with E-state index in [1.165, 1.54) is 6.07 Å². The maximum absolute atomic E-state index is 13.4. The minimum absolute atomic E-state index is 0.308. The number of ether oxygens (including phenoxy) is 1. The van der Waals surface area contributed by atoms with E-state index in [-0.39, 0.29) is 5.82 Å². The quantitative estimate of drug-likeness (QED) is 0.870. The average molecular weight is 281 g/mol. The molecule has 1 aromatic carbocycles. The second kappa shape index (κ2) is 7.12. The number of carboxylic acid groups (broad SMARTS) is 1. The van der Waals surface area contributed by atoms with Crippen LogP contribution in [0, 0.1) is 17.7 Å². The minimum Gasteiger partial charge on any atom is -0.490 e. The summed E-state index contributed by atoms with van der Waals surface area (Å²) < 4.78 is 18.9. The largest absolute Gasteiger partial charge is 0.490 e. The van der Waals surface area contributed by atoms with Gasteiger partial charge in [-0.3, -0.25) is 0 Å². The first-order chi connectivity index (χ1) is 9.65. The Kier molecular flexibility index (Phi) is 5.21. The highest BCUT2D eigenvalue weighted by Crippen LogP contribution is 2.29. The molecule has 0 radical (unpaired) electrons. The third kappa shape index (κ3) is 4.40.